The molecule has 0 radical (unpaired) electrons. The van der Waals surface area contributed by atoms with Crippen LogP contribution in [-0.2, 0) is 9.59 Å². The second kappa shape index (κ2) is 7.35. The lowest BCUT2D eigenvalue weighted by molar-refractivity contribution is -0.134. The van der Waals surface area contributed by atoms with Crippen LogP contribution >= 0.6 is 23.2 Å². The monoisotopic (exact) mass is 400 g/mol. The van der Waals surface area contributed by atoms with Gasteiger partial charge in [-0.3, -0.25) is 9.59 Å². The molecular weight excluding hydrogens is 378 g/mol. The lowest BCUT2D eigenvalue weighted by Crippen LogP contribution is -2.47. The summed E-state index contributed by atoms with van der Waals surface area (Å²) >= 11 is 12.5. The van der Waals surface area contributed by atoms with Gasteiger partial charge in [-0.25, -0.2) is 4.39 Å². The zero-order valence-corrected chi connectivity index (χ0v) is 16.5. The van der Waals surface area contributed by atoms with Gasteiger partial charge >= 0.3 is 0 Å². The van der Waals surface area contributed by atoms with Gasteiger partial charge in [0.2, 0.25) is 11.8 Å². The maximum absolute atomic E-state index is 14.7. The standard InChI is InChI=1S/C19H23Cl2FN2O2/c1-19(9-3-4-10-19)17(15-12(22)6-5-11(20)16(15)21)23-18(26)13-7-8-14(25)24(13)2/h5-6,13,17H,3-4,7-10H2,1-2H3,(H,23,26)/t13-,17-/m1/s1. The average molecular weight is 401 g/mol. The molecule has 142 valence electrons. The molecule has 2 fully saturated rings. The molecule has 1 N–H and O–H groups in total. The van der Waals surface area contributed by atoms with E-state index in [2.05, 4.69) is 5.32 Å². The molecule has 1 aromatic carbocycles. The Kier molecular flexibility index (Phi) is 5.50. The van der Waals surface area contributed by atoms with Crippen molar-refractivity contribution in [1.29, 1.82) is 0 Å². The highest BCUT2D eigenvalue weighted by Gasteiger charge is 2.43. The predicted octanol–water partition coefficient (Wildman–Crippen LogP) is 4.49. The van der Waals surface area contributed by atoms with E-state index in [1.54, 1.807) is 7.05 Å². The minimum Gasteiger partial charge on any atom is -0.347 e. The van der Waals surface area contributed by atoms with E-state index >= 15 is 0 Å². The number of amides is 2. The van der Waals surface area contributed by atoms with Crippen LogP contribution in [0, 0.1) is 11.2 Å². The average Bonchev–Trinajstić information content (AvgIpc) is 3.18. The first kappa shape index (κ1) is 19.4. The summed E-state index contributed by atoms with van der Waals surface area (Å²) in [6.45, 7) is 2.05. The number of hydrogen-bond acceptors (Lipinski definition) is 2. The highest BCUT2D eigenvalue weighted by atomic mass is 35.5. The minimum atomic E-state index is -0.590. The molecule has 0 bridgehead atoms. The van der Waals surface area contributed by atoms with E-state index in [0.717, 1.165) is 25.7 Å². The smallest absolute Gasteiger partial charge is 0.243 e. The van der Waals surface area contributed by atoms with Crippen molar-refractivity contribution in [2.45, 2.75) is 57.5 Å². The quantitative estimate of drug-likeness (QED) is 0.756. The summed E-state index contributed by atoms with van der Waals surface area (Å²) in [5, 5.41) is 3.40. The van der Waals surface area contributed by atoms with E-state index in [0.29, 0.717) is 12.8 Å². The SMILES string of the molecule is CN1C(=O)CC[C@@H]1C(=O)N[C@H](c1c(F)ccc(Cl)c1Cl)C1(C)CCCC1. The Morgan fingerprint density at radius 3 is 2.58 bits per heavy atom. The molecule has 0 unspecified atom stereocenters. The van der Waals surface area contributed by atoms with Crippen LogP contribution in [0.5, 0.6) is 0 Å². The second-order valence-corrected chi connectivity index (χ2v) is 8.40. The van der Waals surface area contributed by atoms with Crippen molar-refractivity contribution in [3.63, 3.8) is 0 Å². The molecule has 1 saturated carbocycles. The fourth-order valence-corrected chi connectivity index (χ4v) is 4.65. The molecular formula is C19H23Cl2FN2O2. The highest BCUT2D eigenvalue weighted by Crippen LogP contribution is 2.50. The van der Waals surface area contributed by atoms with Gasteiger partial charge in [-0.15, -0.1) is 0 Å². The molecule has 7 heteroatoms. The number of nitrogens with one attached hydrogen (secondary N) is 1. The lowest BCUT2D eigenvalue weighted by atomic mass is 9.77. The molecule has 1 heterocycles. The molecule has 1 aliphatic carbocycles. The first-order valence-corrected chi connectivity index (χ1v) is 9.69. The van der Waals surface area contributed by atoms with Crippen LogP contribution in [0.4, 0.5) is 4.39 Å². The van der Waals surface area contributed by atoms with E-state index in [-0.39, 0.29) is 32.8 Å². The summed E-state index contributed by atoms with van der Waals surface area (Å²) in [5.74, 6) is -0.804. The zero-order valence-electron chi connectivity index (χ0n) is 14.9. The summed E-state index contributed by atoms with van der Waals surface area (Å²) in [6.07, 6.45) is 4.58. The van der Waals surface area contributed by atoms with Gasteiger partial charge in [0.15, 0.2) is 0 Å². The van der Waals surface area contributed by atoms with Crippen molar-refractivity contribution in [3.05, 3.63) is 33.6 Å². The van der Waals surface area contributed by atoms with Gasteiger partial charge < -0.3 is 10.2 Å². The van der Waals surface area contributed by atoms with Crippen LogP contribution in [0.15, 0.2) is 12.1 Å². The number of likely N-dealkylation sites (N-methyl/N-ethyl adjacent to an activating group) is 1. The van der Waals surface area contributed by atoms with Crippen LogP contribution in [0.25, 0.3) is 0 Å². The Morgan fingerprint density at radius 2 is 2.00 bits per heavy atom. The second-order valence-electron chi connectivity index (χ2n) is 7.62. The number of nitrogens with zero attached hydrogens (tertiary/aromatic N) is 1. The number of carbonyl (C=O) groups is 2. The third kappa shape index (κ3) is 3.44. The molecule has 3 rings (SSSR count). The van der Waals surface area contributed by atoms with Crippen LogP contribution in [0.1, 0.15) is 57.1 Å². The van der Waals surface area contributed by atoms with Crippen molar-refractivity contribution >= 4 is 35.0 Å². The van der Waals surface area contributed by atoms with E-state index < -0.39 is 17.9 Å². The summed E-state index contributed by atoms with van der Waals surface area (Å²) in [5.41, 5.74) is -0.0738. The van der Waals surface area contributed by atoms with Crippen molar-refractivity contribution in [2.75, 3.05) is 7.05 Å². The third-order valence-corrected chi connectivity index (χ3v) is 6.71. The Morgan fingerprint density at radius 1 is 1.35 bits per heavy atom. The molecule has 1 aliphatic heterocycles. The van der Waals surface area contributed by atoms with Gasteiger partial charge in [0, 0.05) is 19.0 Å². The number of halogens is 3. The number of likely N-dealkylation sites (tertiary alicyclic amines) is 1. The van der Waals surface area contributed by atoms with Crippen LogP contribution in [0.2, 0.25) is 10.0 Å². The van der Waals surface area contributed by atoms with Gasteiger partial charge in [-0.05, 0) is 36.8 Å². The molecule has 2 atom stereocenters. The molecule has 0 aromatic heterocycles. The number of benzene rings is 1. The molecule has 4 nitrogen and oxygen atoms in total. The molecule has 1 saturated heterocycles. The summed E-state index contributed by atoms with van der Waals surface area (Å²) in [4.78, 5) is 26.1. The van der Waals surface area contributed by atoms with Crippen molar-refractivity contribution in [2.24, 2.45) is 5.41 Å². The molecule has 0 spiro atoms. The topological polar surface area (TPSA) is 49.4 Å². The van der Waals surface area contributed by atoms with Crippen LogP contribution in [-0.4, -0.2) is 29.8 Å². The molecule has 26 heavy (non-hydrogen) atoms. The van der Waals surface area contributed by atoms with Gasteiger partial charge in [0.25, 0.3) is 0 Å². The normalized spacial score (nSPS) is 23.3. The Balaban J connectivity index is 1.97. The Hall–Kier alpha value is -1.33. The molecule has 2 amide bonds. The van der Waals surface area contributed by atoms with E-state index in [1.165, 1.54) is 17.0 Å². The maximum Gasteiger partial charge on any atom is 0.243 e. The fourth-order valence-electron chi connectivity index (χ4n) is 4.22. The van der Waals surface area contributed by atoms with Crippen LogP contribution < -0.4 is 5.32 Å². The van der Waals surface area contributed by atoms with Gasteiger partial charge in [0.05, 0.1) is 16.1 Å². The summed E-state index contributed by atoms with van der Waals surface area (Å²) in [6, 6.07) is 1.58. The number of rotatable bonds is 4. The van der Waals surface area contributed by atoms with Crippen LogP contribution in [0.3, 0.4) is 0 Å². The van der Waals surface area contributed by atoms with Gasteiger partial charge in [-0.2, -0.15) is 0 Å². The van der Waals surface area contributed by atoms with Crippen molar-refractivity contribution in [3.8, 4) is 0 Å². The van der Waals surface area contributed by atoms with Gasteiger partial charge in [0.1, 0.15) is 11.9 Å². The minimum absolute atomic E-state index is 0.0549. The lowest BCUT2D eigenvalue weighted by Gasteiger charge is -2.37. The van der Waals surface area contributed by atoms with Gasteiger partial charge in [-0.1, -0.05) is 43.0 Å². The molecule has 2 aliphatic rings. The Bertz CT molecular complexity index is 734. The maximum atomic E-state index is 14.7. The van der Waals surface area contributed by atoms with Crippen molar-refractivity contribution in [1.82, 2.24) is 10.2 Å². The third-order valence-electron chi connectivity index (χ3n) is 5.89. The first-order chi connectivity index (χ1) is 12.2. The fraction of sp³-hybridized carbons (Fsp3) is 0.579. The van der Waals surface area contributed by atoms with E-state index in [4.69, 9.17) is 23.2 Å². The molecule has 1 aromatic rings. The Labute approximate surface area is 163 Å². The summed E-state index contributed by atoms with van der Waals surface area (Å²) < 4.78 is 14.7. The highest BCUT2D eigenvalue weighted by molar-refractivity contribution is 6.42. The van der Waals surface area contributed by atoms with E-state index in [1.807, 2.05) is 6.92 Å². The zero-order chi connectivity index (χ0) is 19.1. The summed E-state index contributed by atoms with van der Waals surface area (Å²) in [7, 11) is 1.62. The van der Waals surface area contributed by atoms with Crippen molar-refractivity contribution < 1.29 is 14.0 Å². The number of hydrogen-bond donors (Lipinski definition) is 1. The predicted molar refractivity (Wildman–Crippen MR) is 99.7 cm³/mol. The largest absolute Gasteiger partial charge is 0.347 e. The van der Waals surface area contributed by atoms with E-state index in [9.17, 15) is 14.0 Å². The number of carbonyl (C=O) groups excluding carboxylic acids is 2. The first-order valence-electron chi connectivity index (χ1n) is 8.94.